The minimum atomic E-state index is -0.315. The van der Waals surface area contributed by atoms with E-state index in [-0.39, 0.29) is 35.4 Å². The fourth-order valence-electron chi connectivity index (χ4n) is 2.61. The Balaban J connectivity index is 1.66. The highest BCUT2D eigenvalue weighted by Crippen LogP contribution is 2.22. The van der Waals surface area contributed by atoms with Gasteiger partial charge in [-0.25, -0.2) is 4.68 Å². The number of anilines is 1. The summed E-state index contributed by atoms with van der Waals surface area (Å²) in [5.41, 5.74) is 1.02. The lowest BCUT2D eigenvalue weighted by Crippen LogP contribution is -2.26. The van der Waals surface area contributed by atoms with Crippen LogP contribution >= 0.6 is 11.6 Å². The number of nitrogens with one attached hydrogen (secondary N) is 1. The quantitative estimate of drug-likeness (QED) is 0.709. The van der Waals surface area contributed by atoms with Crippen LogP contribution in [-0.4, -0.2) is 45.8 Å². The van der Waals surface area contributed by atoms with Crippen molar-refractivity contribution in [3.63, 3.8) is 0 Å². The van der Waals surface area contributed by atoms with E-state index in [9.17, 15) is 14.4 Å². The van der Waals surface area contributed by atoms with Crippen molar-refractivity contribution >= 4 is 40.0 Å². The molecule has 0 aliphatic rings. The van der Waals surface area contributed by atoms with Crippen LogP contribution in [0.25, 0.3) is 10.9 Å². The number of amides is 2. The van der Waals surface area contributed by atoms with Crippen LogP contribution in [0.3, 0.4) is 0 Å². The van der Waals surface area contributed by atoms with E-state index in [0.29, 0.717) is 22.2 Å². The number of hydrogen-bond donors (Lipinski definition) is 1. The van der Waals surface area contributed by atoms with Gasteiger partial charge in [-0.05, 0) is 30.3 Å². The molecule has 8 nitrogen and oxygen atoms in total. The Morgan fingerprint density at radius 3 is 2.64 bits per heavy atom. The predicted molar refractivity (Wildman–Crippen MR) is 107 cm³/mol. The summed E-state index contributed by atoms with van der Waals surface area (Å²) >= 11 is 6.14. The molecule has 3 aromatic rings. The fourth-order valence-corrected chi connectivity index (χ4v) is 2.87. The van der Waals surface area contributed by atoms with E-state index in [1.807, 2.05) is 0 Å². The maximum absolute atomic E-state index is 12.4. The van der Waals surface area contributed by atoms with Crippen LogP contribution in [0.4, 0.5) is 5.69 Å². The van der Waals surface area contributed by atoms with Gasteiger partial charge in [-0.2, -0.15) is 0 Å². The van der Waals surface area contributed by atoms with Crippen molar-refractivity contribution in [3.05, 3.63) is 63.4 Å². The molecule has 0 bridgehead atoms. The highest BCUT2D eigenvalue weighted by atomic mass is 35.5. The molecule has 3 rings (SSSR count). The monoisotopic (exact) mass is 399 g/mol. The zero-order valence-electron chi connectivity index (χ0n) is 15.3. The minimum absolute atomic E-state index is 0.0307. The molecule has 0 saturated heterocycles. The summed E-state index contributed by atoms with van der Waals surface area (Å²) in [4.78, 5) is 38.0. The Labute approximate surface area is 165 Å². The lowest BCUT2D eigenvalue weighted by atomic mass is 10.2. The molecule has 0 spiro atoms. The second-order valence-electron chi connectivity index (χ2n) is 6.33. The molecule has 1 aromatic heterocycles. The Hall–Kier alpha value is -3.26. The second-order valence-corrected chi connectivity index (χ2v) is 6.73. The maximum Gasteiger partial charge on any atom is 0.277 e. The highest BCUT2D eigenvalue weighted by Gasteiger charge is 2.14. The molecule has 0 atom stereocenters. The van der Waals surface area contributed by atoms with Gasteiger partial charge in [0.05, 0.1) is 22.5 Å². The summed E-state index contributed by atoms with van der Waals surface area (Å²) in [6, 6.07) is 11.6. The van der Waals surface area contributed by atoms with Gasteiger partial charge in [-0.3, -0.25) is 14.4 Å². The number of carbonyl (C=O) groups is 2. The lowest BCUT2D eigenvalue weighted by Gasteiger charge is -2.13. The van der Waals surface area contributed by atoms with Crippen LogP contribution in [0, 0.1) is 0 Å². The Kier molecular flexibility index (Phi) is 5.70. The Morgan fingerprint density at radius 1 is 1.18 bits per heavy atom. The third-order valence-corrected chi connectivity index (χ3v) is 4.38. The lowest BCUT2D eigenvalue weighted by molar-refractivity contribution is -0.116. The van der Waals surface area contributed by atoms with Gasteiger partial charge in [0.2, 0.25) is 5.91 Å². The standard InChI is InChI=1S/C19H18ClN5O3/c1-24(2)18(27)13-8-7-12(11-15(13)20)21-17(26)9-10-25-19(28)14-5-3-4-6-16(14)22-23-25/h3-8,11H,9-10H2,1-2H3,(H,21,26). The largest absolute Gasteiger partial charge is 0.345 e. The number of halogens is 1. The number of rotatable bonds is 5. The van der Waals surface area contributed by atoms with Gasteiger partial charge in [0, 0.05) is 26.2 Å². The van der Waals surface area contributed by atoms with E-state index in [2.05, 4.69) is 15.6 Å². The molecule has 28 heavy (non-hydrogen) atoms. The molecule has 0 fully saturated rings. The molecule has 0 radical (unpaired) electrons. The highest BCUT2D eigenvalue weighted by molar-refractivity contribution is 6.34. The normalized spacial score (nSPS) is 10.7. The zero-order chi connectivity index (χ0) is 20.3. The summed E-state index contributed by atoms with van der Waals surface area (Å²) < 4.78 is 1.16. The van der Waals surface area contributed by atoms with Crippen molar-refractivity contribution in [3.8, 4) is 0 Å². The summed E-state index contributed by atoms with van der Waals surface area (Å²) in [7, 11) is 3.26. The van der Waals surface area contributed by atoms with E-state index < -0.39 is 0 Å². The molecule has 0 aliphatic heterocycles. The first-order chi connectivity index (χ1) is 13.4. The van der Waals surface area contributed by atoms with Gasteiger partial charge >= 0.3 is 0 Å². The molecule has 0 saturated carbocycles. The molecular formula is C19H18ClN5O3. The van der Waals surface area contributed by atoms with Gasteiger partial charge in [-0.1, -0.05) is 28.9 Å². The van der Waals surface area contributed by atoms with Crippen molar-refractivity contribution in [1.29, 1.82) is 0 Å². The molecule has 2 aromatic carbocycles. The first kappa shape index (κ1) is 19.5. The van der Waals surface area contributed by atoms with Crippen molar-refractivity contribution < 1.29 is 9.59 Å². The van der Waals surface area contributed by atoms with Crippen molar-refractivity contribution in [2.45, 2.75) is 13.0 Å². The molecule has 9 heteroatoms. The van der Waals surface area contributed by atoms with Crippen LogP contribution in [0.2, 0.25) is 5.02 Å². The third kappa shape index (κ3) is 4.17. The van der Waals surface area contributed by atoms with Gasteiger partial charge in [0.25, 0.3) is 11.5 Å². The van der Waals surface area contributed by atoms with Crippen molar-refractivity contribution in [1.82, 2.24) is 19.9 Å². The number of carbonyl (C=O) groups excluding carboxylic acids is 2. The number of nitrogens with zero attached hydrogens (tertiary/aromatic N) is 4. The second kappa shape index (κ2) is 8.18. The molecule has 0 unspecified atom stereocenters. The van der Waals surface area contributed by atoms with E-state index >= 15 is 0 Å². The molecule has 144 valence electrons. The summed E-state index contributed by atoms with van der Waals surface area (Å²) in [6.45, 7) is 0.0907. The molecule has 2 amide bonds. The Bertz CT molecular complexity index is 1110. The first-order valence-electron chi connectivity index (χ1n) is 8.50. The topological polar surface area (TPSA) is 97.2 Å². The average molecular weight is 400 g/mol. The Morgan fingerprint density at radius 2 is 1.93 bits per heavy atom. The van der Waals surface area contributed by atoms with Crippen LogP contribution in [0.1, 0.15) is 16.8 Å². The van der Waals surface area contributed by atoms with Gasteiger partial charge in [0.15, 0.2) is 0 Å². The van der Waals surface area contributed by atoms with E-state index in [4.69, 9.17) is 11.6 Å². The van der Waals surface area contributed by atoms with Crippen molar-refractivity contribution in [2.24, 2.45) is 0 Å². The molecule has 1 N–H and O–H groups in total. The average Bonchev–Trinajstić information content (AvgIpc) is 2.67. The number of benzene rings is 2. The first-order valence-corrected chi connectivity index (χ1v) is 8.88. The predicted octanol–water partition coefficient (Wildman–Crippen LogP) is 2.18. The minimum Gasteiger partial charge on any atom is -0.345 e. The number of aryl methyl sites for hydroxylation is 1. The number of aromatic nitrogens is 3. The molecule has 1 heterocycles. The molecular weight excluding hydrogens is 382 g/mol. The van der Waals surface area contributed by atoms with Gasteiger partial charge in [0.1, 0.15) is 5.52 Å². The van der Waals surface area contributed by atoms with Crippen molar-refractivity contribution in [2.75, 3.05) is 19.4 Å². The van der Waals surface area contributed by atoms with E-state index in [1.165, 1.54) is 11.0 Å². The third-order valence-electron chi connectivity index (χ3n) is 4.07. The number of hydrogen-bond acceptors (Lipinski definition) is 5. The molecule has 0 aliphatic carbocycles. The van der Waals surface area contributed by atoms with Gasteiger partial charge in [-0.15, -0.1) is 5.10 Å². The summed E-state index contributed by atoms with van der Waals surface area (Å²) in [5, 5.41) is 11.2. The van der Waals surface area contributed by atoms with Crippen LogP contribution in [-0.2, 0) is 11.3 Å². The smallest absolute Gasteiger partial charge is 0.277 e. The van der Waals surface area contributed by atoms with E-state index in [0.717, 1.165) is 4.68 Å². The summed E-state index contributed by atoms with van der Waals surface area (Å²) in [5.74, 6) is -0.540. The summed E-state index contributed by atoms with van der Waals surface area (Å²) in [6.07, 6.45) is 0.0307. The van der Waals surface area contributed by atoms with E-state index in [1.54, 1.807) is 50.5 Å². The van der Waals surface area contributed by atoms with Gasteiger partial charge < -0.3 is 10.2 Å². The van der Waals surface area contributed by atoms with Crippen LogP contribution < -0.4 is 10.9 Å². The van der Waals surface area contributed by atoms with Crippen LogP contribution in [0.15, 0.2) is 47.3 Å². The number of fused-ring (bicyclic) bond motifs is 1. The van der Waals surface area contributed by atoms with Crippen LogP contribution in [0.5, 0.6) is 0 Å². The zero-order valence-corrected chi connectivity index (χ0v) is 16.1. The maximum atomic E-state index is 12.4. The SMILES string of the molecule is CN(C)C(=O)c1ccc(NC(=O)CCn2nnc3ccccc3c2=O)cc1Cl. The fraction of sp³-hybridized carbons (Fsp3) is 0.211.